The summed E-state index contributed by atoms with van der Waals surface area (Å²) in [6.07, 6.45) is 0.438. The Morgan fingerprint density at radius 2 is 1.62 bits per heavy atom. The lowest BCUT2D eigenvalue weighted by Crippen LogP contribution is -2.41. The van der Waals surface area contributed by atoms with Crippen molar-refractivity contribution in [3.8, 4) is 0 Å². The Morgan fingerprint density at radius 1 is 1.14 bits per heavy atom. The highest BCUT2D eigenvalue weighted by Crippen LogP contribution is 2.04. The molecule has 0 heterocycles. The van der Waals surface area contributed by atoms with E-state index >= 15 is 0 Å². The lowest BCUT2D eigenvalue weighted by atomic mass is 10.1. The molecule has 0 fully saturated rings. The van der Waals surface area contributed by atoms with Crippen molar-refractivity contribution in [2.24, 2.45) is 0 Å². The molecule has 0 saturated carbocycles. The maximum atomic E-state index is 11.4. The van der Waals surface area contributed by atoms with Crippen molar-refractivity contribution in [3.05, 3.63) is 35.9 Å². The van der Waals surface area contributed by atoms with E-state index in [1.165, 1.54) is 14.0 Å². The van der Waals surface area contributed by atoms with Gasteiger partial charge in [0.25, 0.3) is 0 Å². The fourth-order valence-electron chi connectivity index (χ4n) is 1.43. The first-order valence-corrected chi connectivity index (χ1v) is 7.02. The van der Waals surface area contributed by atoms with Gasteiger partial charge in [-0.1, -0.05) is 44.2 Å². The van der Waals surface area contributed by atoms with Crippen LogP contribution in [0.5, 0.6) is 0 Å². The molecule has 2 N–H and O–H groups in total. The summed E-state index contributed by atoms with van der Waals surface area (Å²) in [6, 6.07) is 8.85. The van der Waals surface area contributed by atoms with Crippen molar-refractivity contribution < 1.29 is 14.3 Å². The normalized spacial score (nSPS) is 10.0. The molecule has 0 saturated heterocycles. The van der Waals surface area contributed by atoms with Crippen molar-refractivity contribution in [2.75, 3.05) is 21.2 Å². The minimum Gasteiger partial charge on any atom is -0.467 e. The molecule has 0 aromatic heterocycles. The Balaban J connectivity index is 0. The number of rotatable bonds is 4. The average Bonchev–Trinajstić information content (AvgIpc) is 2.49. The van der Waals surface area contributed by atoms with Gasteiger partial charge in [-0.05, 0) is 19.7 Å². The summed E-state index contributed by atoms with van der Waals surface area (Å²) >= 11 is 0. The zero-order valence-electron chi connectivity index (χ0n) is 13.9. The molecule has 1 aromatic rings. The minimum atomic E-state index is -0.620. The second kappa shape index (κ2) is 14.5. The van der Waals surface area contributed by atoms with Gasteiger partial charge in [0.15, 0.2) is 0 Å². The van der Waals surface area contributed by atoms with Gasteiger partial charge in [0.1, 0.15) is 6.04 Å². The fourth-order valence-corrected chi connectivity index (χ4v) is 1.43. The number of esters is 1. The van der Waals surface area contributed by atoms with Crippen molar-refractivity contribution in [1.82, 2.24) is 10.6 Å². The third kappa shape index (κ3) is 11.6. The van der Waals surface area contributed by atoms with Gasteiger partial charge < -0.3 is 15.4 Å². The van der Waals surface area contributed by atoms with E-state index in [2.05, 4.69) is 15.4 Å². The van der Waals surface area contributed by atoms with Crippen LogP contribution in [0, 0.1) is 0 Å². The van der Waals surface area contributed by atoms with Crippen molar-refractivity contribution in [3.63, 3.8) is 0 Å². The summed E-state index contributed by atoms with van der Waals surface area (Å²) in [7, 11) is 5.06. The molecule has 1 atom stereocenters. The molecular weight excluding hydrogens is 268 g/mol. The van der Waals surface area contributed by atoms with E-state index in [1.54, 1.807) is 0 Å². The molecule has 120 valence electrons. The van der Waals surface area contributed by atoms with Crippen LogP contribution >= 0.6 is 0 Å². The molecule has 0 aliphatic heterocycles. The summed E-state index contributed by atoms with van der Waals surface area (Å²) in [6.45, 7) is 5.38. The SMILES string of the molecule is CC.CNC.COC(=O)C(Cc1ccccc1)NC(C)=O. The van der Waals surface area contributed by atoms with E-state index in [-0.39, 0.29) is 5.91 Å². The Hall–Kier alpha value is -1.88. The molecule has 5 heteroatoms. The van der Waals surface area contributed by atoms with Gasteiger partial charge in [0.05, 0.1) is 7.11 Å². The van der Waals surface area contributed by atoms with E-state index < -0.39 is 12.0 Å². The third-order valence-electron chi connectivity index (χ3n) is 2.15. The predicted octanol–water partition coefficient (Wildman–Crippen LogP) is 1.77. The molecular formula is C16H28N2O3. The largest absolute Gasteiger partial charge is 0.467 e. The Morgan fingerprint density at radius 3 is 2.00 bits per heavy atom. The van der Waals surface area contributed by atoms with Crippen LogP contribution in [-0.4, -0.2) is 39.1 Å². The summed E-state index contributed by atoms with van der Waals surface area (Å²) in [4.78, 5) is 22.4. The molecule has 0 aliphatic carbocycles. The van der Waals surface area contributed by atoms with Gasteiger partial charge >= 0.3 is 5.97 Å². The van der Waals surface area contributed by atoms with Crippen LogP contribution in [0.1, 0.15) is 26.3 Å². The zero-order chi connectivity index (χ0) is 16.7. The van der Waals surface area contributed by atoms with Crippen LogP contribution in [0.3, 0.4) is 0 Å². The highest BCUT2D eigenvalue weighted by Gasteiger charge is 2.20. The average molecular weight is 296 g/mol. The van der Waals surface area contributed by atoms with Crippen LogP contribution in [0.4, 0.5) is 0 Å². The number of carbonyl (C=O) groups excluding carboxylic acids is 2. The number of hydrogen-bond acceptors (Lipinski definition) is 4. The summed E-state index contributed by atoms with van der Waals surface area (Å²) in [5.74, 6) is -0.676. The number of ether oxygens (including phenoxy) is 1. The van der Waals surface area contributed by atoms with Gasteiger partial charge in [-0.3, -0.25) is 4.79 Å². The van der Waals surface area contributed by atoms with Crippen LogP contribution in [0.2, 0.25) is 0 Å². The highest BCUT2D eigenvalue weighted by molar-refractivity contribution is 5.83. The van der Waals surface area contributed by atoms with Gasteiger partial charge in [-0.2, -0.15) is 0 Å². The van der Waals surface area contributed by atoms with Crippen LogP contribution in [-0.2, 0) is 20.7 Å². The number of amides is 1. The first-order valence-electron chi connectivity index (χ1n) is 7.02. The third-order valence-corrected chi connectivity index (χ3v) is 2.15. The minimum absolute atomic E-state index is 0.244. The monoisotopic (exact) mass is 296 g/mol. The molecule has 21 heavy (non-hydrogen) atoms. The van der Waals surface area contributed by atoms with Crippen LogP contribution in [0.15, 0.2) is 30.3 Å². The lowest BCUT2D eigenvalue weighted by molar-refractivity contribution is -0.144. The van der Waals surface area contributed by atoms with Crippen molar-refractivity contribution in [2.45, 2.75) is 33.2 Å². The predicted molar refractivity (Wildman–Crippen MR) is 86.1 cm³/mol. The Labute approximate surface area is 128 Å². The van der Waals surface area contributed by atoms with Crippen molar-refractivity contribution >= 4 is 11.9 Å². The summed E-state index contributed by atoms with van der Waals surface area (Å²) < 4.78 is 4.63. The number of nitrogens with one attached hydrogen (secondary N) is 2. The Bertz CT molecular complexity index is 380. The number of hydrogen-bond donors (Lipinski definition) is 2. The second-order valence-electron chi connectivity index (χ2n) is 3.97. The first-order chi connectivity index (χ1) is 10.0. The van der Waals surface area contributed by atoms with Gasteiger partial charge in [0.2, 0.25) is 5.91 Å². The molecule has 1 amide bonds. The fraction of sp³-hybridized carbons (Fsp3) is 0.500. The first kappa shape index (κ1) is 21.4. The molecule has 0 aliphatic rings. The van der Waals surface area contributed by atoms with E-state index in [9.17, 15) is 9.59 Å². The summed E-state index contributed by atoms with van der Waals surface area (Å²) in [5.41, 5.74) is 0.978. The van der Waals surface area contributed by atoms with E-state index in [4.69, 9.17) is 0 Å². The van der Waals surface area contributed by atoms with E-state index in [0.29, 0.717) is 6.42 Å². The van der Waals surface area contributed by atoms with Crippen LogP contribution in [0.25, 0.3) is 0 Å². The van der Waals surface area contributed by atoms with Gasteiger partial charge in [-0.25, -0.2) is 4.79 Å². The lowest BCUT2D eigenvalue weighted by Gasteiger charge is -2.15. The number of carbonyl (C=O) groups is 2. The summed E-state index contributed by atoms with van der Waals surface area (Å²) in [5, 5.41) is 5.32. The van der Waals surface area contributed by atoms with Gasteiger partial charge in [0, 0.05) is 13.3 Å². The molecule has 1 rings (SSSR count). The maximum Gasteiger partial charge on any atom is 0.328 e. The molecule has 1 aromatic carbocycles. The van der Waals surface area contributed by atoms with Crippen LogP contribution < -0.4 is 10.6 Å². The second-order valence-corrected chi connectivity index (χ2v) is 3.97. The zero-order valence-corrected chi connectivity index (χ0v) is 13.9. The molecule has 0 spiro atoms. The van der Waals surface area contributed by atoms with Gasteiger partial charge in [-0.15, -0.1) is 0 Å². The maximum absolute atomic E-state index is 11.4. The number of methoxy groups -OCH3 is 1. The quantitative estimate of drug-likeness (QED) is 0.831. The topological polar surface area (TPSA) is 67.4 Å². The van der Waals surface area contributed by atoms with E-state index in [1.807, 2.05) is 58.3 Å². The molecule has 0 radical (unpaired) electrons. The van der Waals surface area contributed by atoms with E-state index in [0.717, 1.165) is 5.56 Å². The Kier molecular flexibility index (Phi) is 14.8. The standard InChI is InChI=1S/C12H15NO3.C2H7N.C2H6/c1-9(14)13-11(12(15)16-2)8-10-6-4-3-5-7-10;1-3-2;1-2/h3-7,11H,8H2,1-2H3,(H,13,14);3H,1-2H3;1-2H3. The van der Waals surface area contributed by atoms with Crippen molar-refractivity contribution in [1.29, 1.82) is 0 Å². The highest BCUT2D eigenvalue weighted by atomic mass is 16.5. The molecule has 5 nitrogen and oxygen atoms in total. The number of benzene rings is 1. The molecule has 0 bridgehead atoms. The smallest absolute Gasteiger partial charge is 0.328 e. The molecule has 1 unspecified atom stereocenters.